The highest BCUT2D eigenvalue weighted by Crippen LogP contribution is 2.30. The lowest BCUT2D eigenvalue weighted by Crippen LogP contribution is -2.00. The number of aryl methyl sites for hydroxylation is 1. The number of hydrogen-bond acceptors (Lipinski definition) is 0. The van der Waals surface area contributed by atoms with Gasteiger partial charge in [0.15, 0.2) is 0 Å². The minimum Gasteiger partial charge on any atom is -0.207 e. The first-order valence-corrected chi connectivity index (χ1v) is 7.23. The van der Waals surface area contributed by atoms with E-state index < -0.39 is 0 Å². The van der Waals surface area contributed by atoms with Gasteiger partial charge in [0.1, 0.15) is 5.82 Å². The van der Waals surface area contributed by atoms with E-state index in [1.165, 1.54) is 21.3 Å². The van der Waals surface area contributed by atoms with Gasteiger partial charge in [0.05, 0.1) is 5.38 Å². The zero-order chi connectivity index (χ0) is 13.1. The molecule has 0 nitrogen and oxygen atoms in total. The molecule has 0 amide bonds. The maximum atomic E-state index is 13.1. The molecule has 94 valence electrons. The molecule has 2 rings (SSSR count). The van der Waals surface area contributed by atoms with Gasteiger partial charge in [-0.2, -0.15) is 0 Å². The Kier molecular flexibility index (Phi) is 4.62. The molecule has 0 fully saturated rings. The molecule has 0 spiro atoms. The number of halogens is 3. The molecule has 0 heterocycles. The smallest absolute Gasteiger partial charge is 0.123 e. The van der Waals surface area contributed by atoms with Crippen molar-refractivity contribution in [2.45, 2.75) is 18.7 Å². The Balaban J connectivity index is 2.22. The van der Waals surface area contributed by atoms with Crippen LogP contribution in [0.2, 0.25) is 0 Å². The van der Waals surface area contributed by atoms with Crippen LogP contribution in [0.4, 0.5) is 4.39 Å². The van der Waals surface area contributed by atoms with Crippen LogP contribution in [0.1, 0.15) is 22.1 Å². The van der Waals surface area contributed by atoms with Crippen molar-refractivity contribution in [3.63, 3.8) is 0 Å². The zero-order valence-corrected chi connectivity index (χ0v) is 12.9. The van der Waals surface area contributed by atoms with E-state index in [9.17, 15) is 4.39 Å². The van der Waals surface area contributed by atoms with E-state index >= 15 is 0 Å². The summed E-state index contributed by atoms with van der Waals surface area (Å²) in [4.78, 5) is 0. The van der Waals surface area contributed by atoms with Crippen LogP contribution in [0.15, 0.2) is 42.5 Å². The lowest BCUT2D eigenvalue weighted by atomic mass is 10.0. The molecule has 0 radical (unpaired) electrons. The zero-order valence-electron chi connectivity index (χ0n) is 9.96. The van der Waals surface area contributed by atoms with Crippen molar-refractivity contribution in [2.24, 2.45) is 0 Å². The molecule has 2 aromatic carbocycles. The fraction of sp³-hybridized carbons (Fsp3) is 0.200. The largest absolute Gasteiger partial charge is 0.207 e. The minimum atomic E-state index is -0.213. The lowest BCUT2D eigenvalue weighted by molar-refractivity contribution is 0.625. The Morgan fingerprint density at radius 2 is 1.94 bits per heavy atom. The first-order valence-electron chi connectivity index (χ1n) is 5.71. The second-order valence-corrected chi connectivity index (χ2v) is 5.89. The summed E-state index contributed by atoms with van der Waals surface area (Å²) in [5, 5.41) is -0.126. The maximum absolute atomic E-state index is 13.1. The summed E-state index contributed by atoms with van der Waals surface area (Å²) in [5.74, 6) is -0.213. The summed E-state index contributed by atoms with van der Waals surface area (Å²) in [6, 6.07) is 12.7. The van der Waals surface area contributed by atoms with Crippen LogP contribution >= 0.6 is 34.2 Å². The average molecular weight is 375 g/mol. The summed E-state index contributed by atoms with van der Waals surface area (Å²) < 4.78 is 14.3. The van der Waals surface area contributed by atoms with Gasteiger partial charge in [0, 0.05) is 3.57 Å². The summed E-state index contributed by atoms with van der Waals surface area (Å²) in [6.07, 6.45) is 0.638. The third kappa shape index (κ3) is 3.23. The Bertz CT molecular complexity index is 554. The Morgan fingerprint density at radius 3 is 2.67 bits per heavy atom. The molecular formula is C15H13ClFI. The van der Waals surface area contributed by atoms with Gasteiger partial charge in [-0.05, 0) is 64.8 Å². The van der Waals surface area contributed by atoms with E-state index in [2.05, 4.69) is 35.6 Å². The van der Waals surface area contributed by atoms with Crippen molar-refractivity contribution in [3.8, 4) is 0 Å². The van der Waals surface area contributed by atoms with E-state index in [0.717, 1.165) is 11.1 Å². The van der Waals surface area contributed by atoms with Gasteiger partial charge >= 0.3 is 0 Å². The Hall–Kier alpha value is -0.610. The number of hydrogen-bond donors (Lipinski definition) is 0. The van der Waals surface area contributed by atoms with Crippen LogP contribution < -0.4 is 0 Å². The fourth-order valence-electron chi connectivity index (χ4n) is 1.89. The van der Waals surface area contributed by atoms with Gasteiger partial charge in [-0.1, -0.05) is 30.3 Å². The SMILES string of the molecule is Cc1cccc(C(Cl)Cc2cccc(F)c2)c1I. The van der Waals surface area contributed by atoms with Crippen LogP contribution in [0.3, 0.4) is 0 Å². The summed E-state index contributed by atoms with van der Waals surface area (Å²) in [5.41, 5.74) is 3.26. The van der Waals surface area contributed by atoms with Crippen molar-refractivity contribution < 1.29 is 4.39 Å². The highest BCUT2D eigenvalue weighted by molar-refractivity contribution is 14.1. The van der Waals surface area contributed by atoms with Crippen molar-refractivity contribution in [1.29, 1.82) is 0 Å². The van der Waals surface area contributed by atoms with Crippen LogP contribution in [-0.2, 0) is 6.42 Å². The minimum absolute atomic E-state index is 0.126. The van der Waals surface area contributed by atoms with Crippen molar-refractivity contribution in [3.05, 3.63) is 68.5 Å². The molecule has 0 saturated heterocycles. The molecule has 1 unspecified atom stereocenters. The molecule has 18 heavy (non-hydrogen) atoms. The van der Waals surface area contributed by atoms with E-state index in [4.69, 9.17) is 11.6 Å². The van der Waals surface area contributed by atoms with Gasteiger partial charge in [-0.15, -0.1) is 11.6 Å². The second kappa shape index (κ2) is 6.02. The Labute approximate surface area is 125 Å². The Morgan fingerprint density at radius 1 is 1.22 bits per heavy atom. The van der Waals surface area contributed by atoms with Crippen molar-refractivity contribution in [2.75, 3.05) is 0 Å². The number of alkyl halides is 1. The molecular weight excluding hydrogens is 362 g/mol. The molecule has 0 bridgehead atoms. The molecule has 0 saturated carbocycles. The topological polar surface area (TPSA) is 0 Å². The predicted molar refractivity (Wildman–Crippen MR) is 82.6 cm³/mol. The molecule has 3 heteroatoms. The molecule has 0 aliphatic heterocycles. The highest BCUT2D eigenvalue weighted by atomic mass is 127. The summed E-state index contributed by atoms with van der Waals surface area (Å²) in [7, 11) is 0. The van der Waals surface area contributed by atoms with Crippen LogP contribution in [0.5, 0.6) is 0 Å². The lowest BCUT2D eigenvalue weighted by Gasteiger charge is -2.13. The fourth-order valence-corrected chi connectivity index (χ4v) is 3.17. The average Bonchev–Trinajstić information content (AvgIpc) is 2.32. The van der Waals surface area contributed by atoms with Gasteiger partial charge in [-0.25, -0.2) is 4.39 Å². The van der Waals surface area contributed by atoms with Crippen LogP contribution in [0.25, 0.3) is 0 Å². The maximum Gasteiger partial charge on any atom is 0.123 e. The normalized spacial score (nSPS) is 12.4. The molecule has 2 aromatic rings. The van der Waals surface area contributed by atoms with E-state index in [-0.39, 0.29) is 11.2 Å². The van der Waals surface area contributed by atoms with E-state index in [0.29, 0.717) is 6.42 Å². The third-order valence-electron chi connectivity index (χ3n) is 2.86. The first-order chi connectivity index (χ1) is 8.58. The summed E-state index contributed by atoms with van der Waals surface area (Å²) >= 11 is 8.75. The molecule has 0 aliphatic carbocycles. The summed E-state index contributed by atoms with van der Waals surface area (Å²) in [6.45, 7) is 2.07. The van der Waals surface area contributed by atoms with Gasteiger partial charge in [-0.3, -0.25) is 0 Å². The molecule has 0 aromatic heterocycles. The predicted octanol–water partition coefficient (Wildman–Crippen LogP) is 5.26. The number of benzene rings is 2. The van der Waals surface area contributed by atoms with Crippen LogP contribution in [-0.4, -0.2) is 0 Å². The molecule has 0 aliphatic rings. The highest BCUT2D eigenvalue weighted by Gasteiger charge is 2.13. The monoisotopic (exact) mass is 374 g/mol. The van der Waals surface area contributed by atoms with Gasteiger partial charge in [0.2, 0.25) is 0 Å². The van der Waals surface area contributed by atoms with Crippen molar-refractivity contribution in [1.82, 2.24) is 0 Å². The standard InChI is InChI=1S/C15H13ClFI/c1-10-4-2-7-13(15(10)18)14(16)9-11-5-3-6-12(17)8-11/h2-8,14H,9H2,1H3. The first kappa shape index (κ1) is 13.8. The quantitative estimate of drug-likeness (QED) is 0.508. The van der Waals surface area contributed by atoms with Gasteiger partial charge < -0.3 is 0 Å². The van der Waals surface area contributed by atoms with E-state index in [1.807, 2.05) is 18.2 Å². The third-order valence-corrected chi connectivity index (χ3v) is 4.73. The van der Waals surface area contributed by atoms with Gasteiger partial charge in [0.25, 0.3) is 0 Å². The molecule has 0 N–H and O–H groups in total. The van der Waals surface area contributed by atoms with Crippen molar-refractivity contribution >= 4 is 34.2 Å². The molecule has 1 atom stereocenters. The van der Waals surface area contributed by atoms with E-state index in [1.54, 1.807) is 6.07 Å². The second-order valence-electron chi connectivity index (χ2n) is 4.28. The van der Waals surface area contributed by atoms with Crippen LogP contribution in [0, 0.1) is 16.3 Å². The number of rotatable bonds is 3.